The molecule has 4 nitrogen and oxygen atoms in total. The standard InChI is InChI=1S/C16H25N3O/c17-14-4-8-19(9-5-14)15-6-7-18(12-15)11-13-2-1-3-16(20)10-13/h1-3,10,14-15,20H,4-9,11-12,17H2. The number of nitrogens with two attached hydrogens (primary N) is 1. The number of aromatic hydroxyl groups is 1. The van der Waals surface area contributed by atoms with Crippen molar-refractivity contribution in [1.82, 2.24) is 9.80 Å². The van der Waals surface area contributed by atoms with E-state index < -0.39 is 0 Å². The fraction of sp³-hybridized carbons (Fsp3) is 0.625. The average Bonchev–Trinajstić information content (AvgIpc) is 2.88. The minimum atomic E-state index is 0.364. The van der Waals surface area contributed by atoms with Gasteiger partial charge in [0.1, 0.15) is 5.75 Å². The van der Waals surface area contributed by atoms with Gasteiger partial charge in [-0.05, 0) is 50.0 Å². The largest absolute Gasteiger partial charge is 0.508 e. The van der Waals surface area contributed by atoms with Crippen molar-refractivity contribution in [2.45, 2.75) is 37.9 Å². The Morgan fingerprint density at radius 3 is 2.70 bits per heavy atom. The van der Waals surface area contributed by atoms with E-state index in [1.165, 1.54) is 12.0 Å². The second-order valence-corrected chi connectivity index (χ2v) is 6.22. The van der Waals surface area contributed by atoms with Gasteiger partial charge >= 0.3 is 0 Å². The van der Waals surface area contributed by atoms with Crippen LogP contribution < -0.4 is 5.73 Å². The van der Waals surface area contributed by atoms with Crippen molar-refractivity contribution >= 4 is 0 Å². The van der Waals surface area contributed by atoms with Gasteiger partial charge in [-0.2, -0.15) is 0 Å². The van der Waals surface area contributed by atoms with E-state index in [4.69, 9.17) is 5.73 Å². The van der Waals surface area contributed by atoms with E-state index in [0.717, 1.165) is 45.6 Å². The molecule has 20 heavy (non-hydrogen) atoms. The molecule has 0 aromatic heterocycles. The fourth-order valence-corrected chi connectivity index (χ4v) is 3.45. The third kappa shape index (κ3) is 3.32. The molecule has 2 aliphatic rings. The number of nitrogens with zero attached hydrogens (tertiary/aromatic N) is 2. The van der Waals surface area contributed by atoms with Crippen molar-refractivity contribution in [3.63, 3.8) is 0 Å². The van der Waals surface area contributed by atoms with E-state index in [0.29, 0.717) is 17.8 Å². The van der Waals surface area contributed by atoms with Gasteiger partial charge in [-0.15, -0.1) is 0 Å². The van der Waals surface area contributed by atoms with Crippen LogP contribution in [-0.2, 0) is 6.54 Å². The lowest BCUT2D eigenvalue weighted by atomic mass is 10.0. The molecule has 3 rings (SSSR count). The summed E-state index contributed by atoms with van der Waals surface area (Å²) in [6.45, 7) is 5.56. The normalized spacial score (nSPS) is 26.1. The van der Waals surface area contributed by atoms with Crippen LogP contribution in [0.4, 0.5) is 0 Å². The quantitative estimate of drug-likeness (QED) is 0.875. The molecule has 0 aliphatic carbocycles. The first-order chi connectivity index (χ1) is 9.70. The molecule has 0 spiro atoms. The van der Waals surface area contributed by atoms with Gasteiger partial charge in [0.05, 0.1) is 0 Å². The van der Waals surface area contributed by atoms with Gasteiger partial charge in [-0.3, -0.25) is 9.80 Å². The molecule has 1 unspecified atom stereocenters. The van der Waals surface area contributed by atoms with Crippen molar-refractivity contribution in [2.75, 3.05) is 26.2 Å². The van der Waals surface area contributed by atoms with Gasteiger partial charge in [0.15, 0.2) is 0 Å². The van der Waals surface area contributed by atoms with Crippen LogP contribution >= 0.6 is 0 Å². The summed E-state index contributed by atoms with van der Waals surface area (Å²) >= 11 is 0. The zero-order valence-electron chi connectivity index (χ0n) is 12.0. The van der Waals surface area contributed by atoms with E-state index >= 15 is 0 Å². The van der Waals surface area contributed by atoms with E-state index in [1.54, 1.807) is 6.07 Å². The Kier molecular flexibility index (Phi) is 4.24. The lowest BCUT2D eigenvalue weighted by Gasteiger charge is -2.34. The first kappa shape index (κ1) is 13.9. The highest BCUT2D eigenvalue weighted by Gasteiger charge is 2.29. The van der Waals surface area contributed by atoms with Gasteiger partial charge in [-0.25, -0.2) is 0 Å². The summed E-state index contributed by atoms with van der Waals surface area (Å²) in [4.78, 5) is 5.11. The van der Waals surface area contributed by atoms with E-state index in [1.807, 2.05) is 12.1 Å². The van der Waals surface area contributed by atoms with Crippen LogP contribution in [0.1, 0.15) is 24.8 Å². The summed E-state index contributed by atoms with van der Waals surface area (Å²) in [7, 11) is 0. The number of piperidine rings is 1. The Labute approximate surface area is 121 Å². The van der Waals surface area contributed by atoms with Crippen LogP contribution in [0.15, 0.2) is 24.3 Å². The Morgan fingerprint density at radius 2 is 1.95 bits per heavy atom. The summed E-state index contributed by atoms with van der Waals surface area (Å²) in [5.74, 6) is 0.364. The molecular formula is C16H25N3O. The summed E-state index contributed by atoms with van der Waals surface area (Å²) in [5.41, 5.74) is 7.18. The number of likely N-dealkylation sites (tertiary alicyclic amines) is 2. The van der Waals surface area contributed by atoms with Gasteiger partial charge < -0.3 is 10.8 Å². The van der Waals surface area contributed by atoms with Crippen LogP contribution in [0.5, 0.6) is 5.75 Å². The highest BCUT2D eigenvalue weighted by Crippen LogP contribution is 2.22. The first-order valence-corrected chi connectivity index (χ1v) is 7.70. The van der Waals surface area contributed by atoms with E-state index in [9.17, 15) is 5.11 Å². The minimum Gasteiger partial charge on any atom is -0.508 e. The van der Waals surface area contributed by atoms with Crippen LogP contribution in [0.2, 0.25) is 0 Å². The SMILES string of the molecule is NC1CCN(C2CCN(Cc3cccc(O)c3)C2)CC1. The Morgan fingerprint density at radius 1 is 1.15 bits per heavy atom. The number of phenolic OH excluding ortho intramolecular Hbond substituents is 1. The molecule has 0 bridgehead atoms. The van der Waals surface area contributed by atoms with Crippen molar-refractivity contribution in [3.8, 4) is 5.75 Å². The van der Waals surface area contributed by atoms with Crippen molar-refractivity contribution < 1.29 is 5.11 Å². The highest BCUT2D eigenvalue weighted by molar-refractivity contribution is 5.27. The zero-order chi connectivity index (χ0) is 13.9. The topological polar surface area (TPSA) is 52.7 Å². The number of benzene rings is 1. The Balaban J connectivity index is 1.52. The number of phenols is 1. The molecule has 2 aliphatic heterocycles. The fourth-order valence-electron chi connectivity index (χ4n) is 3.45. The van der Waals surface area contributed by atoms with Gasteiger partial charge in [0.2, 0.25) is 0 Å². The van der Waals surface area contributed by atoms with Crippen molar-refractivity contribution in [2.24, 2.45) is 5.73 Å². The molecule has 1 aromatic carbocycles. The Hall–Kier alpha value is -1.10. The van der Waals surface area contributed by atoms with Crippen molar-refractivity contribution in [1.29, 1.82) is 0 Å². The Bertz CT molecular complexity index is 443. The monoisotopic (exact) mass is 275 g/mol. The molecule has 110 valence electrons. The summed E-state index contributed by atoms with van der Waals surface area (Å²) in [6, 6.07) is 8.72. The first-order valence-electron chi connectivity index (χ1n) is 7.70. The third-order valence-electron chi connectivity index (χ3n) is 4.65. The molecule has 4 heteroatoms. The van der Waals surface area contributed by atoms with Crippen LogP contribution in [0.25, 0.3) is 0 Å². The molecule has 1 atom stereocenters. The average molecular weight is 275 g/mol. The smallest absolute Gasteiger partial charge is 0.115 e. The molecule has 1 aromatic rings. The van der Waals surface area contributed by atoms with Crippen LogP contribution in [-0.4, -0.2) is 53.2 Å². The zero-order valence-corrected chi connectivity index (χ0v) is 12.0. The van der Waals surface area contributed by atoms with E-state index in [2.05, 4.69) is 15.9 Å². The highest BCUT2D eigenvalue weighted by atomic mass is 16.3. The summed E-state index contributed by atoms with van der Waals surface area (Å²) in [5, 5.41) is 9.53. The second-order valence-electron chi connectivity index (χ2n) is 6.22. The van der Waals surface area contributed by atoms with Gasteiger partial charge in [0.25, 0.3) is 0 Å². The molecule has 0 radical (unpaired) electrons. The second kappa shape index (κ2) is 6.12. The number of rotatable bonds is 3. The molecule has 0 amide bonds. The van der Waals surface area contributed by atoms with E-state index in [-0.39, 0.29) is 0 Å². The predicted octanol–water partition coefficient (Wildman–Crippen LogP) is 1.39. The van der Waals surface area contributed by atoms with Gasteiger partial charge in [0, 0.05) is 31.7 Å². The number of hydrogen-bond acceptors (Lipinski definition) is 4. The maximum absolute atomic E-state index is 9.53. The minimum absolute atomic E-state index is 0.364. The van der Waals surface area contributed by atoms with Crippen LogP contribution in [0.3, 0.4) is 0 Å². The van der Waals surface area contributed by atoms with Crippen LogP contribution in [0, 0.1) is 0 Å². The molecular weight excluding hydrogens is 250 g/mol. The maximum atomic E-state index is 9.53. The van der Waals surface area contributed by atoms with Crippen molar-refractivity contribution in [3.05, 3.63) is 29.8 Å². The summed E-state index contributed by atoms with van der Waals surface area (Å²) in [6.07, 6.45) is 3.54. The third-order valence-corrected chi connectivity index (χ3v) is 4.65. The molecule has 0 saturated carbocycles. The molecule has 2 fully saturated rings. The lowest BCUT2D eigenvalue weighted by molar-refractivity contribution is 0.151. The number of hydrogen-bond donors (Lipinski definition) is 2. The van der Waals surface area contributed by atoms with Gasteiger partial charge in [-0.1, -0.05) is 12.1 Å². The summed E-state index contributed by atoms with van der Waals surface area (Å²) < 4.78 is 0. The molecule has 3 N–H and O–H groups in total. The molecule has 2 heterocycles. The predicted molar refractivity (Wildman–Crippen MR) is 80.6 cm³/mol. The maximum Gasteiger partial charge on any atom is 0.115 e. The molecule has 2 saturated heterocycles. The lowest BCUT2D eigenvalue weighted by Crippen LogP contribution is -2.46.